The van der Waals surface area contributed by atoms with E-state index in [2.05, 4.69) is 10.5 Å². The maximum absolute atomic E-state index is 11.7. The third kappa shape index (κ3) is 3.93. The summed E-state index contributed by atoms with van der Waals surface area (Å²) in [5, 5.41) is 6.57. The number of rotatable bonds is 5. The van der Waals surface area contributed by atoms with Gasteiger partial charge in [-0.05, 0) is 12.5 Å². The van der Waals surface area contributed by atoms with Crippen molar-refractivity contribution < 1.29 is 9.32 Å². The molecule has 19 heavy (non-hydrogen) atoms. The minimum absolute atomic E-state index is 0.111. The molecule has 5 nitrogen and oxygen atoms in total. The van der Waals surface area contributed by atoms with Crippen molar-refractivity contribution >= 4 is 5.91 Å². The van der Waals surface area contributed by atoms with Crippen LogP contribution >= 0.6 is 0 Å². The average molecular weight is 259 g/mol. The lowest BCUT2D eigenvalue weighted by Gasteiger charge is -2.12. The molecule has 2 aromatic rings. The van der Waals surface area contributed by atoms with Gasteiger partial charge < -0.3 is 15.6 Å². The molecule has 0 fully saturated rings. The molecule has 0 aliphatic carbocycles. The van der Waals surface area contributed by atoms with Gasteiger partial charge in [0.1, 0.15) is 5.76 Å². The molecule has 0 bridgehead atoms. The minimum Gasteiger partial charge on any atom is -0.361 e. The molecule has 0 saturated heterocycles. The topological polar surface area (TPSA) is 81.2 Å². The van der Waals surface area contributed by atoms with Gasteiger partial charge in [-0.2, -0.15) is 0 Å². The Hall–Kier alpha value is -2.14. The van der Waals surface area contributed by atoms with Crippen molar-refractivity contribution in [1.29, 1.82) is 0 Å². The summed E-state index contributed by atoms with van der Waals surface area (Å²) in [5.74, 6) is 0.587. The summed E-state index contributed by atoms with van der Waals surface area (Å²) in [6.45, 7) is 2.19. The SMILES string of the molecule is Cc1cc(CC(=O)NCC(N)c2ccccc2)no1. The molecule has 0 spiro atoms. The van der Waals surface area contributed by atoms with Gasteiger partial charge in [-0.1, -0.05) is 35.5 Å². The summed E-state index contributed by atoms with van der Waals surface area (Å²) >= 11 is 0. The van der Waals surface area contributed by atoms with E-state index in [1.807, 2.05) is 30.3 Å². The van der Waals surface area contributed by atoms with Crippen LogP contribution in [0.1, 0.15) is 23.1 Å². The van der Waals surface area contributed by atoms with Gasteiger partial charge >= 0.3 is 0 Å². The summed E-state index contributed by atoms with van der Waals surface area (Å²) in [5.41, 5.74) is 7.62. The summed E-state index contributed by atoms with van der Waals surface area (Å²) in [6.07, 6.45) is 0.207. The minimum atomic E-state index is -0.204. The van der Waals surface area contributed by atoms with Gasteiger partial charge in [0.2, 0.25) is 5.91 Å². The molecule has 0 saturated carbocycles. The van der Waals surface area contributed by atoms with E-state index >= 15 is 0 Å². The number of nitrogens with two attached hydrogens (primary N) is 1. The number of aromatic nitrogens is 1. The Labute approximate surface area is 111 Å². The molecule has 100 valence electrons. The fourth-order valence-electron chi connectivity index (χ4n) is 1.77. The van der Waals surface area contributed by atoms with Crippen molar-refractivity contribution in [3.8, 4) is 0 Å². The van der Waals surface area contributed by atoms with E-state index < -0.39 is 0 Å². The standard InChI is InChI=1S/C14H17N3O2/c1-10-7-12(17-19-10)8-14(18)16-9-13(15)11-5-3-2-4-6-11/h2-7,13H,8-9,15H2,1H3,(H,16,18). The van der Waals surface area contributed by atoms with E-state index in [1.54, 1.807) is 13.0 Å². The number of amides is 1. The quantitative estimate of drug-likeness (QED) is 0.849. The molecule has 1 aromatic heterocycles. The highest BCUT2D eigenvalue weighted by atomic mass is 16.5. The number of nitrogens with zero attached hydrogens (tertiary/aromatic N) is 1. The highest BCUT2D eigenvalue weighted by Crippen LogP contribution is 2.08. The van der Waals surface area contributed by atoms with Crippen LogP contribution in [0.2, 0.25) is 0 Å². The number of hydrogen-bond acceptors (Lipinski definition) is 4. The second-order valence-electron chi connectivity index (χ2n) is 4.43. The molecule has 0 radical (unpaired) electrons. The van der Waals surface area contributed by atoms with E-state index in [0.717, 1.165) is 5.56 Å². The number of aryl methyl sites for hydroxylation is 1. The summed E-state index contributed by atoms with van der Waals surface area (Å²) < 4.78 is 4.91. The predicted octanol–water partition coefficient (Wildman–Crippen LogP) is 1.34. The number of nitrogens with one attached hydrogen (secondary N) is 1. The number of carbonyl (C=O) groups excluding carboxylic acids is 1. The van der Waals surface area contributed by atoms with E-state index in [4.69, 9.17) is 10.3 Å². The second-order valence-corrected chi connectivity index (χ2v) is 4.43. The van der Waals surface area contributed by atoms with E-state index in [-0.39, 0.29) is 18.4 Å². The van der Waals surface area contributed by atoms with E-state index in [9.17, 15) is 4.79 Å². The predicted molar refractivity (Wildman–Crippen MR) is 71.3 cm³/mol. The number of hydrogen-bond donors (Lipinski definition) is 2. The Balaban J connectivity index is 1.80. The first-order chi connectivity index (χ1) is 9.15. The highest BCUT2D eigenvalue weighted by molar-refractivity contribution is 5.78. The van der Waals surface area contributed by atoms with Crippen LogP contribution in [0.25, 0.3) is 0 Å². The Bertz CT molecular complexity index is 537. The lowest BCUT2D eigenvalue weighted by atomic mass is 10.1. The zero-order chi connectivity index (χ0) is 13.7. The first-order valence-corrected chi connectivity index (χ1v) is 6.14. The van der Waals surface area contributed by atoms with Crippen molar-refractivity contribution in [3.05, 3.63) is 53.4 Å². The molecule has 2 rings (SSSR count). The monoisotopic (exact) mass is 259 g/mol. The molecule has 5 heteroatoms. The van der Waals surface area contributed by atoms with Crippen molar-refractivity contribution in [2.45, 2.75) is 19.4 Å². The molecule has 1 unspecified atom stereocenters. The fraction of sp³-hybridized carbons (Fsp3) is 0.286. The van der Waals surface area contributed by atoms with Crippen molar-refractivity contribution in [2.24, 2.45) is 5.73 Å². The van der Waals surface area contributed by atoms with Gasteiger partial charge in [-0.3, -0.25) is 4.79 Å². The lowest BCUT2D eigenvalue weighted by Crippen LogP contribution is -2.32. The molecule has 1 atom stereocenters. The van der Waals surface area contributed by atoms with Crippen LogP contribution in [-0.4, -0.2) is 17.6 Å². The smallest absolute Gasteiger partial charge is 0.226 e. The second kappa shape index (κ2) is 6.15. The fourth-order valence-corrected chi connectivity index (χ4v) is 1.77. The zero-order valence-corrected chi connectivity index (χ0v) is 10.8. The van der Waals surface area contributed by atoms with Crippen molar-refractivity contribution in [2.75, 3.05) is 6.54 Å². The molecule has 0 aliphatic heterocycles. The largest absolute Gasteiger partial charge is 0.361 e. The van der Waals surface area contributed by atoms with Crippen LogP contribution < -0.4 is 11.1 Å². The van der Waals surface area contributed by atoms with Gasteiger partial charge in [-0.15, -0.1) is 0 Å². The van der Waals surface area contributed by atoms with Gasteiger partial charge in [0.05, 0.1) is 12.1 Å². The van der Waals surface area contributed by atoms with Gasteiger partial charge in [0, 0.05) is 18.7 Å². The summed E-state index contributed by atoms with van der Waals surface area (Å²) in [7, 11) is 0. The number of benzene rings is 1. The molecule has 1 amide bonds. The van der Waals surface area contributed by atoms with Crippen LogP contribution in [0, 0.1) is 6.92 Å². The highest BCUT2D eigenvalue weighted by Gasteiger charge is 2.10. The summed E-state index contributed by atoms with van der Waals surface area (Å²) in [6, 6.07) is 11.2. The van der Waals surface area contributed by atoms with Crippen LogP contribution in [0.5, 0.6) is 0 Å². The zero-order valence-electron chi connectivity index (χ0n) is 10.8. The molecular formula is C14H17N3O2. The molecular weight excluding hydrogens is 242 g/mol. The maximum atomic E-state index is 11.7. The van der Waals surface area contributed by atoms with Crippen LogP contribution in [-0.2, 0) is 11.2 Å². The van der Waals surface area contributed by atoms with Crippen molar-refractivity contribution in [3.63, 3.8) is 0 Å². The Morgan fingerprint density at radius 2 is 2.16 bits per heavy atom. The third-order valence-electron chi connectivity index (χ3n) is 2.77. The van der Waals surface area contributed by atoms with Gasteiger partial charge in [0.15, 0.2) is 0 Å². The first-order valence-electron chi connectivity index (χ1n) is 6.14. The Morgan fingerprint density at radius 3 is 2.79 bits per heavy atom. The maximum Gasteiger partial charge on any atom is 0.226 e. The lowest BCUT2D eigenvalue weighted by molar-refractivity contribution is -0.120. The van der Waals surface area contributed by atoms with Crippen LogP contribution in [0.4, 0.5) is 0 Å². The first kappa shape index (κ1) is 13.3. The normalized spacial score (nSPS) is 12.1. The molecule has 1 heterocycles. The van der Waals surface area contributed by atoms with Crippen LogP contribution in [0.3, 0.4) is 0 Å². The molecule has 3 N–H and O–H groups in total. The van der Waals surface area contributed by atoms with Crippen molar-refractivity contribution in [1.82, 2.24) is 10.5 Å². The third-order valence-corrected chi connectivity index (χ3v) is 2.77. The molecule has 0 aliphatic rings. The van der Waals surface area contributed by atoms with Gasteiger partial charge in [-0.25, -0.2) is 0 Å². The van der Waals surface area contributed by atoms with E-state index in [0.29, 0.717) is 18.0 Å². The van der Waals surface area contributed by atoms with Crippen LogP contribution in [0.15, 0.2) is 40.9 Å². The van der Waals surface area contributed by atoms with E-state index in [1.165, 1.54) is 0 Å². The molecule has 1 aromatic carbocycles. The Morgan fingerprint density at radius 1 is 1.42 bits per heavy atom. The average Bonchev–Trinajstić information content (AvgIpc) is 2.82. The Kier molecular flexibility index (Phi) is 4.30. The number of carbonyl (C=O) groups is 1. The summed E-state index contributed by atoms with van der Waals surface area (Å²) in [4.78, 5) is 11.7. The van der Waals surface area contributed by atoms with Gasteiger partial charge in [0.25, 0.3) is 0 Å².